The number of carbonyl (C=O) groups is 3. The van der Waals surface area contributed by atoms with Gasteiger partial charge in [-0.25, -0.2) is 9.78 Å². The van der Waals surface area contributed by atoms with E-state index in [1.165, 1.54) is 6.07 Å². The zero-order chi connectivity index (χ0) is 24.4. The minimum absolute atomic E-state index is 0.0485. The molecule has 3 N–H and O–H groups in total. The molecule has 0 unspecified atom stereocenters. The van der Waals surface area contributed by atoms with Crippen LogP contribution < -0.4 is 10.6 Å². The van der Waals surface area contributed by atoms with Crippen molar-refractivity contribution in [2.45, 2.75) is 25.2 Å². The first-order valence-corrected chi connectivity index (χ1v) is 11.6. The standard InChI is InChI=1S/C27H25N3O5/c31-24(28-16-27(25(32)33)13-6-14-27)22-11-5-12-23(29-22)30-26(34)35-15-21-19-9-3-1-7-17(19)18-8-2-4-10-20(18)21/h1-5,7-12,21H,6,13-16H2,(H,28,31)(H,32,33)(H,29,30,34). The fraction of sp³-hybridized carbons (Fsp3) is 0.259. The zero-order valence-corrected chi connectivity index (χ0v) is 19.0. The summed E-state index contributed by atoms with van der Waals surface area (Å²) in [6.45, 7) is 0.212. The Kier molecular flexibility index (Phi) is 5.94. The first kappa shape index (κ1) is 22.6. The third kappa shape index (κ3) is 4.35. The average Bonchev–Trinajstić information content (AvgIpc) is 3.15. The van der Waals surface area contributed by atoms with Crippen LogP contribution in [0.4, 0.5) is 10.6 Å². The molecule has 35 heavy (non-hydrogen) atoms. The van der Waals surface area contributed by atoms with E-state index in [1.54, 1.807) is 12.1 Å². The van der Waals surface area contributed by atoms with Crippen LogP contribution in [0.5, 0.6) is 0 Å². The van der Waals surface area contributed by atoms with Crippen molar-refractivity contribution in [2.24, 2.45) is 5.41 Å². The smallest absolute Gasteiger partial charge is 0.412 e. The number of hydrogen-bond acceptors (Lipinski definition) is 5. The van der Waals surface area contributed by atoms with E-state index >= 15 is 0 Å². The van der Waals surface area contributed by atoms with Gasteiger partial charge in [0.25, 0.3) is 5.91 Å². The fourth-order valence-corrected chi connectivity index (χ4v) is 4.78. The number of ether oxygens (including phenoxy) is 1. The molecule has 8 nitrogen and oxygen atoms in total. The molecule has 1 heterocycles. The summed E-state index contributed by atoms with van der Waals surface area (Å²) in [5.74, 6) is -1.28. The molecule has 2 amide bonds. The topological polar surface area (TPSA) is 118 Å². The van der Waals surface area contributed by atoms with Gasteiger partial charge in [0.15, 0.2) is 0 Å². The number of aliphatic carboxylic acids is 1. The van der Waals surface area contributed by atoms with Crippen LogP contribution in [0, 0.1) is 5.41 Å². The highest BCUT2D eigenvalue weighted by Gasteiger charge is 2.44. The minimum atomic E-state index is -0.900. The van der Waals surface area contributed by atoms with E-state index in [0.717, 1.165) is 28.7 Å². The summed E-state index contributed by atoms with van der Waals surface area (Å²) < 4.78 is 5.53. The van der Waals surface area contributed by atoms with Crippen molar-refractivity contribution >= 4 is 23.8 Å². The van der Waals surface area contributed by atoms with E-state index in [-0.39, 0.29) is 30.6 Å². The molecule has 2 aliphatic carbocycles. The lowest BCUT2D eigenvalue weighted by atomic mass is 9.69. The molecule has 1 fully saturated rings. The number of rotatable bonds is 7. The highest BCUT2D eigenvalue weighted by atomic mass is 16.5. The first-order chi connectivity index (χ1) is 17.0. The van der Waals surface area contributed by atoms with E-state index < -0.39 is 23.4 Å². The van der Waals surface area contributed by atoms with Crippen molar-refractivity contribution in [1.82, 2.24) is 10.3 Å². The van der Waals surface area contributed by atoms with E-state index in [4.69, 9.17) is 4.74 Å². The van der Waals surface area contributed by atoms with Gasteiger partial charge in [-0.05, 0) is 47.2 Å². The van der Waals surface area contributed by atoms with Crippen molar-refractivity contribution in [3.8, 4) is 11.1 Å². The number of pyridine rings is 1. The number of anilines is 1. The van der Waals surface area contributed by atoms with Gasteiger partial charge in [0.1, 0.15) is 18.1 Å². The van der Waals surface area contributed by atoms with Crippen LogP contribution in [-0.2, 0) is 9.53 Å². The highest BCUT2D eigenvalue weighted by Crippen LogP contribution is 2.44. The number of benzene rings is 2. The molecule has 0 spiro atoms. The highest BCUT2D eigenvalue weighted by molar-refractivity contribution is 5.93. The van der Waals surface area contributed by atoms with Crippen LogP contribution in [0.25, 0.3) is 11.1 Å². The maximum Gasteiger partial charge on any atom is 0.412 e. The predicted molar refractivity (Wildman–Crippen MR) is 129 cm³/mol. The Bertz CT molecular complexity index is 1260. The summed E-state index contributed by atoms with van der Waals surface area (Å²) in [5, 5.41) is 14.7. The molecule has 8 heteroatoms. The number of carboxylic acid groups (broad SMARTS) is 1. The van der Waals surface area contributed by atoms with Crippen molar-refractivity contribution in [3.05, 3.63) is 83.6 Å². The molecule has 0 saturated heterocycles. The Hall–Kier alpha value is -4.20. The molecule has 5 rings (SSSR count). The average molecular weight is 472 g/mol. The Balaban J connectivity index is 1.20. The van der Waals surface area contributed by atoms with Gasteiger partial charge in [0.05, 0.1) is 5.41 Å². The number of nitrogens with zero attached hydrogens (tertiary/aromatic N) is 1. The Labute approximate surface area is 202 Å². The maximum absolute atomic E-state index is 12.5. The van der Waals surface area contributed by atoms with Crippen LogP contribution in [0.3, 0.4) is 0 Å². The van der Waals surface area contributed by atoms with Gasteiger partial charge in [-0.15, -0.1) is 0 Å². The second-order valence-electron chi connectivity index (χ2n) is 8.98. The van der Waals surface area contributed by atoms with Crippen LogP contribution in [0.1, 0.15) is 46.8 Å². The largest absolute Gasteiger partial charge is 0.481 e. The second-order valence-corrected chi connectivity index (χ2v) is 8.98. The number of nitrogens with one attached hydrogen (secondary N) is 2. The minimum Gasteiger partial charge on any atom is -0.481 e. The van der Waals surface area contributed by atoms with E-state index in [9.17, 15) is 19.5 Å². The summed E-state index contributed by atoms with van der Waals surface area (Å²) in [4.78, 5) is 40.7. The Morgan fingerprint density at radius 2 is 1.60 bits per heavy atom. The number of amides is 2. The quantitative estimate of drug-likeness (QED) is 0.469. The molecule has 3 aromatic rings. The maximum atomic E-state index is 12.5. The predicted octanol–water partition coefficient (Wildman–Crippen LogP) is 4.43. The Morgan fingerprint density at radius 3 is 2.20 bits per heavy atom. The van der Waals surface area contributed by atoms with E-state index in [0.29, 0.717) is 12.8 Å². The first-order valence-electron chi connectivity index (χ1n) is 11.6. The summed E-state index contributed by atoms with van der Waals surface area (Å²) in [7, 11) is 0. The monoisotopic (exact) mass is 471 g/mol. The number of carboxylic acids is 1. The van der Waals surface area contributed by atoms with Crippen molar-refractivity contribution in [1.29, 1.82) is 0 Å². The third-order valence-corrected chi connectivity index (χ3v) is 6.91. The molecule has 0 bridgehead atoms. The molecule has 2 aromatic carbocycles. The van der Waals surface area contributed by atoms with Gasteiger partial charge in [0.2, 0.25) is 0 Å². The molecular weight excluding hydrogens is 446 g/mol. The molecule has 1 aromatic heterocycles. The number of aromatic nitrogens is 1. The van der Waals surface area contributed by atoms with Gasteiger partial charge in [-0.1, -0.05) is 61.0 Å². The number of fused-ring (bicyclic) bond motifs is 3. The molecule has 1 saturated carbocycles. The van der Waals surface area contributed by atoms with Gasteiger partial charge in [0, 0.05) is 12.5 Å². The number of hydrogen-bond donors (Lipinski definition) is 3. The van der Waals surface area contributed by atoms with Gasteiger partial charge in [-0.2, -0.15) is 0 Å². The lowest BCUT2D eigenvalue weighted by molar-refractivity contribution is -0.153. The van der Waals surface area contributed by atoms with Gasteiger partial charge < -0.3 is 15.2 Å². The lowest BCUT2D eigenvalue weighted by Gasteiger charge is -2.37. The third-order valence-electron chi connectivity index (χ3n) is 6.91. The molecule has 0 aliphatic heterocycles. The summed E-state index contributed by atoms with van der Waals surface area (Å²) in [6, 6.07) is 20.8. The van der Waals surface area contributed by atoms with E-state index in [2.05, 4.69) is 27.8 Å². The van der Waals surface area contributed by atoms with Crippen LogP contribution in [-0.4, -0.2) is 41.2 Å². The molecule has 0 radical (unpaired) electrons. The van der Waals surface area contributed by atoms with Crippen molar-refractivity contribution in [3.63, 3.8) is 0 Å². The molecular formula is C27H25N3O5. The van der Waals surface area contributed by atoms with E-state index in [1.807, 2.05) is 36.4 Å². The zero-order valence-electron chi connectivity index (χ0n) is 19.0. The lowest BCUT2D eigenvalue weighted by Crippen LogP contribution is -2.47. The molecule has 178 valence electrons. The fourth-order valence-electron chi connectivity index (χ4n) is 4.78. The van der Waals surface area contributed by atoms with Crippen LogP contribution >= 0.6 is 0 Å². The normalized spacial score (nSPS) is 15.3. The van der Waals surface area contributed by atoms with Crippen LogP contribution in [0.2, 0.25) is 0 Å². The van der Waals surface area contributed by atoms with Crippen molar-refractivity contribution < 1.29 is 24.2 Å². The summed E-state index contributed by atoms with van der Waals surface area (Å²) in [6.07, 6.45) is 1.25. The van der Waals surface area contributed by atoms with Crippen LogP contribution in [0.15, 0.2) is 66.7 Å². The molecule has 0 atom stereocenters. The summed E-state index contributed by atoms with van der Waals surface area (Å²) >= 11 is 0. The summed E-state index contributed by atoms with van der Waals surface area (Å²) in [5.41, 5.74) is 3.70. The SMILES string of the molecule is O=C(Nc1cccc(C(=O)NCC2(C(=O)O)CCC2)n1)OCC1c2ccccc2-c2ccccc21. The van der Waals surface area contributed by atoms with Gasteiger partial charge in [-0.3, -0.25) is 14.9 Å². The molecule has 2 aliphatic rings. The second kappa shape index (κ2) is 9.21. The Morgan fingerprint density at radius 1 is 0.943 bits per heavy atom. The van der Waals surface area contributed by atoms with Crippen molar-refractivity contribution in [2.75, 3.05) is 18.5 Å². The number of carbonyl (C=O) groups excluding carboxylic acids is 2. The van der Waals surface area contributed by atoms with Gasteiger partial charge >= 0.3 is 12.1 Å².